The van der Waals surface area contributed by atoms with E-state index < -0.39 is 8.80 Å². The summed E-state index contributed by atoms with van der Waals surface area (Å²) in [7, 11) is -2.63. The van der Waals surface area contributed by atoms with E-state index in [1.807, 2.05) is 44.3 Å². The zero-order valence-corrected chi connectivity index (χ0v) is 18.8. The number of hydrogen-bond donors (Lipinski definition) is 1. The normalized spacial score (nSPS) is 18.4. The van der Waals surface area contributed by atoms with Gasteiger partial charge >= 0.3 is 14.9 Å². The molecule has 1 fully saturated rings. The highest BCUT2D eigenvalue weighted by atomic mass is 32.2. The minimum atomic E-state index is -2.63. The standard InChI is InChI=1S/C17H33NO5S2Si/c1-5-21-26(22-6-2,23-7-3)10-8-9-18-17(19)20-11-16-14-24-12-15(4)13-25-16/h16H,4-14H2,1-3H3,(H,18,19). The number of carbonyl (C=O) groups is 1. The second-order valence-electron chi connectivity index (χ2n) is 5.81. The third-order valence-electron chi connectivity index (χ3n) is 3.56. The van der Waals surface area contributed by atoms with Crippen LogP contribution < -0.4 is 5.32 Å². The molecule has 1 N–H and O–H groups in total. The van der Waals surface area contributed by atoms with Crippen LogP contribution in [0.25, 0.3) is 0 Å². The van der Waals surface area contributed by atoms with Crippen LogP contribution in [-0.4, -0.2) is 70.4 Å². The summed E-state index contributed by atoms with van der Waals surface area (Å²) in [5, 5.41) is 3.14. The van der Waals surface area contributed by atoms with Crippen molar-refractivity contribution < 1.29 is 22.8 Å². The Hall–Kier alpha value is -0.193. The van der Waals surface area contributed by atoms with Gasteiger partial charge in [-0.25, -0.2) is 4.79 Å². The predicted molar refractivity (Wildman–Crippen MR) is 112 cm³/mol. The molecule has 1 aliphatic rings. The first-order valence-corrected chi connectivity index (χ1v) is 13.4. The summed E-state index contributed by atoms with van der Waals surface area (Å²) in [5.41, 5.74) is 1.25. The summed E-state index contributed by atoms with van der Waals surface area (Å²) in [5.74, 6) is 2.94. The molecule has 152 valence electrons. The molecule has 0 aromatic heterocycles. The molecule has 1 heterocycles. The molecular weight excluding hydrogens is 390 g/mol. The molecule has 6 nitrogen and oxygen atoms in total. The van der Waals surface area contributed by atoms with Crippen molar-refractivity contribution in [2.75, 3.05) is 50.2 Å². The summed E-state index contributed by atoms with van der Waals surface area (Å²) >= 11 is 3.67. The summed E-state index contributed by atoms with van der Waals surface area (Å²) < 4.78 is 22.8. The molecule has 0 aromatic rings. The highest BCUT2D eigenvalue weighted by molar-refractivity contribution is 8.04. The van der Waals surface area contributed by atoms with E-state index in [0.717, 1.165) is 23.7 Å². The van der Waals surface area contributed by atoms with Crippen LogP contribution in [0.15, 0.2) is 12.2 Å². The minimum absolute atomic E-state index is 0.332. The van der Waals surface area contributed by atoms with Gasteiger partial charge in [-0.2, -0.15) is 11.8 Å². The Balaban J connectivity index is 2.25. The second kappa shape index (κ2) is 13.9. The maximum atomic E-state index is 11.9. The molecule has 0 bridgehead atoms. The zero-order valence-electron chi connectivity index (χ0n) is 16.2. The molecule has 0 saturated carbocycles. The summed E-state index contributed by atoms with van der Waals surface area (Å²) in [6, 6.07) is 0.681. The number of rotatable bonds is 12. The van der Waals surface area contributed by atoms with Gasteiger partial charge in [-0.3, -0.25) is 0 Å². The van der Waals surface area contributed by atoms with Crippen LogP contribution in [0.2, 0.25) is 6.04 Å². The third kappa shape index (κ3) is 9.66. The molecule has 1 aliphatic heterocycles. The number of nitrogens with one attached hydrogen (secondary N) is 1. The molecule has 0 aromatic carbocycles. The molecule has 0 spiro atoms. The Morgan fingerprint density at radius 2 is 1.85 bits per heavy atom. The SMILES string of the molecule is C=C1CSCC(COC(=O)NCCC[Si](OCC)(OCC)OCC)SC1. The van der Waals surface area contributed by atoms with E-state index in [0.29, 0.717) is 44.3 Å². The lowest BCUT2D eigenvalue weighted by Crippen LogP contribution is -2.46. The first-order valence-electron chi connectivity index (χ1n) is 9.23. The minimum Gasteiger partial charge on any atom is -0.448 e. The highest BCUT2D eigenvalue weighted by Crippen LogP contribution is 2.25. The molecular formula is C17H33NO5S2Si. The van der Waals surface area contributed by atoms with Crippen molar-refractivity contribution in [1.29, 1.82) is 0 Å². The second-order valence-corrected chi connectivity index (χ2v) is 10.9. The monoisotopic (exact) mass is 423 g/mol. The van der Waals surface area contributed by atoms with Gasteiger partial charge in [0.05, 0.1) is 0 Å². The van der Waals surface area contributed by atoms with E-state index in [4.69, 9.17) is 18.0 Å². The Kier molecular flexibility index (Phi) is 12.7. The zero-order chi connectivity index (χ0) is 19.3. The van der Waals surface area contributed by atoms with Crippen molar-refractivity contribution >= 4 is 38.4 Å². The Labute approximate surface area is 167 Å². The van der Waals surface area contributed by atoms with Crippen molar-refractivity contribution in [2.45, 2.75) is 38.5 Å². The lowest BCUT2D eigenvalue weighted by Gasteiger charge is -2.28. The van der Waals surface area contributed by atoms with E-state index in [1.54, 1.807) is 0 Å². The number of alkyl carbamates (subject to hydrolysis) is 1. The molecule has 26 heavy (non-hydrogen) atoms. The fourth-order valence-electron chi connectivity index (χ4n) is 2.47. The Morgan fingerprint density at radius 1 is 1.19 bits per heavy atom. The van der Waals surface area contributed by atoms with E-state index >= 15 is 0 Å². The number of amides is 1. The number of carbonyl (C=O) groups excluding carboxylic acids is 1. The molecule has 0 aliphatic carbocycles. The van der Waals surface area contributed by atoms with Crippen LogP contribution in [0.1, 0.15) is 27.2 Å². The molecule has 1 amide bonds. The van der Waals surface area contributed by atoms with Crippen LogP contribution in [0, 0.1) is 0 Å². The molecule has 9 heteroatoms. The van der Waals surface area contributed by atoms with E-state index in [9.17, 15) is 4.79 Å². The van der Waals surface area contributed by atoms with Gasteiger partial charge in [0.1, 0.15) is 6.61 Å². The fraction of sp³-hybridized carbons (Fsp3) is 0.824. The molecule has 1 unspecified atom stereocenters. The largest absolute Gasteiger partial charge is 0.500 e. The van der Waals surface area contributed by atoms with Gasteiger partial charge in [-0.15, -0.1) is 11.8 Å². The van der Waals surface area contributed by atoms with Crippen LogP contribution >= 0.6 is 23.5 Å². The average molecular weight is 424 g/mol. The van der Waals surface area contributed by atoms with Crippen molar-refractivity contribution in [2.24, 2.45) is 0 Å². The predicted octanol–water partition coefficient (Wildman–Crippen LogP) is 3.56. The lowest BCUT2D eigenvalue weighted by molar-refractivity contribution is 0.0706. The van der Waals surface area contributed by atoms with Gasteiger partial charge in [0.25, 0.3) is 0 Å². The Morgan fingerprint density at radius 3 is 2.46 bits per heavy atom. The van der Waals surface area contributed by atoms with Crippen molar-refractivity contribution in [3.8, 4) is 0 Å². The topological polar surface area (TPSA) is 66.0 Å². The van der Waals surface area contributed by atoms with E-state index in [2.05, 4.69) is 11.9 Å². The fourth-order valence-corrected chi connectivity index (χ4v) is 7.49. The molecule has 1 saturated heterocycles. The van der Waals surface area contributed by atoms with Crippen LogP contribution in [0.4, 0.5) is 4.79 Å². The number of hydrogen-bond acceptors (Lipinski definition) is 7. The van der Waals surface area contributed by atoms with Gasteiger partial charge in [0, 0.05) is 54.9 Å². The quantitative estimate of drug-likeness (QED) is 0.292. The first kappa shape index (κ1) is 23.8. The summed E-state index contributed by atoms with van der Waals surface area (Å²) in [6.07, 6.45) is 0.366. The number of ether oxygens (including phenoxy) is 1. The molecule has 1 rings (SSSR count). The summed E-state index contributed by atoms with van der Waals surface area (Å²) in [4.78, 5) is 11.9. The van der Waals surface area contributed by atoms with Crippen molar-refractivity contribution in [3.63, 3.8) is 0 Å². The first-order chi connectivity index (χ1) is 12.5. The maximum absolute atomic E-state index is 11.9. The molecule has 1 atom stereocenters. The van der Waals surface area contributed by atoms with Crippen LogP contribution in [-0.2, 0) is 18.0 Å². The van der Waals surface area contributed by atoms with Gasteiger partial charge in [0.2, 0.25) is 0 Å². The van der Waals surface area contributed by atoms with Crippen molar-refractivity contribution in [1.82, 2.24) is 5.32 Å². The van der Waals surface area contributed by atoms with E-state index in [-0.39, 0.29) is 6.09 Å². The van der Waals surface area contributed by atoms with Crippen LogP contribution in [0.5, 0.6) is 0 Å². The van der Waals surface area contributed by atoms with E-state index in [1.165, 1.54) is 5.57 Å². The average Bonchev–Trinajstić information content (AvgIpc) is 2.82. The van der Waals surface area contributed by atoms with Gasteiger partial charge in [0.15, 0.2) is 0 Å². The molecule has 0 radical (unpaired) electrons. The third-order valence-corrected chi connectivity index (χ3v) is 9.52. The van der Waals surface area contributed by atoms with Crippen molar-refractivity contribution in [3.05, 3.63) is 12.2 Å². The highest BCUT2D eigenvalue weighted by Gasteiger charge is 2.39. The summed E-state index contributed by atoms with van der Waals surface area (Å²) in [6.45, 7) is 12.5. The smallest absolute Gasteiger partial charge is 0.448 e. The number of thioether (sulfide) groups is 2. The van der Waals surface area contributed by atoms with Gasteiger partial charge in [-0.05, 0) is 27.2 Å². The van der Waals surface area contributed by atoms with Crippen LogP contribution in [0.3, 0.4) is 0 Å². The maximum Gasteiger partial charge on any atom is 0.500 e. The Bertz CT molecular complexity index is 411. The van der Waals surface area contributed by atoms with Gasteiger partial charge in [-0.1, -0.05) is 12.2 Å². The lowest BCUT2D eigenvalue weighted by atomic mass is 10.4. The van der Waals surface area contributed by atoms with Gasteiger partial charge < -0.3 is 23.3 Å².